The molecule has 1 amide bonds. The van der Waals surface area contributed by atoms with E-state index in [1.165, 1.54) is 25.7 Å². The third-order valence-electron chi connectivity index (χ3n) is 4.79. The average Bonchev–Trinajstić information content (AvgIpc) is 3.38. The van der Waals surface area contributed by atoms with E-state index in [0.717, 1.165) is 40.8 Å². The molecule has 2 N–H and O–H groups in total. The van der Waals surface area contributed by atoms with Gasteiger partial charge < -0.3 is 10.3 Å². The molecule has 4 rings (SSSR count). The molecule has 3 nitrogen and oxygen atoms in total. The molecule has 0 radical (unpaired) electrons. The molecule has 3 heteroatoms. The van der Waals surface area contributed by atoms with E-state index in [1.54, 1.807) is 0 Å². The van der Waals surface area contributed by atoms with Crippen molar-refractivity contribution in [1.82, 2.24) is 10.3 Å². The number of hydrogen-bond acceptors (Lipinski definition) is 1. The number of H-pyrrole nitrogens is 1. The third kappa shape index (κ3) is 2.21. The largest absolute Gasteiger partial charge is 0.361 e. The summed E-state index contributed by atoms with van der Waals surface area (Å²) in [6.07, 6.45) is 7.34. The number of nitrogens with one attached hydrogen (secondary N) is 2. The zero-order valence-corrected chi connectivity index (χ0v) is 11.6. The molecule has 0 atom stereocenters. The Kier molecular flexibility index (Phi) is 2.79. The van der Waals surface area contributed by atoms with Crippen LogP contribution in [0.25, 0.3) is 10.9 Å². The van der Waals surface area contributed by atoms with Crippen molar-refractivity contribution < 1.29 is 4.79 Å². The fourth-order valence-corrected chi connectivity index (χ4v) is 3.35. The molecule has 2 fully saturated rings. The van der Waals surface area contributed by atoms with Crippen molar-refractivity contribution in [1.29, 1.82) is 0 Å². The summed E-state index contributed by atoms with van der Waals surface area (Å²) >= 11 is 0. The lowest BCUT2D eigenvalue weighted by atomic mass is 9.98. The number of fused-ring (bicyclic) bond motifs is 1. The van der Waals surface area contributed by atoms with Gasteiger partial charge in [0.05, 0.1) is 11.1 Å². The summed E-state index contributed by atoms with van der Waals surface area (Å²) in [6, 6.07) is 7.88. The van der Waals surface area contributed by atoms with Gasteiger partial charge in [0.25, 0.3) is 5.91 Å². The second kappa shape index (κ2) is 4.65. The predicted molar refractivity (Wildman–Crippen MR) is 79.6 cm³/mol. The summed E-state index contributed by atoms with van der Waals surface area (Å²) in [7, 11) is 0. The predicted octanol–water partition coefficient (Wildman–Crippen LogP) is 3.33. The maximum atomic E-state index is 12.4. The zero-order chi connectivity index (χ0) is 13.5. The molecule has 2 aromatic rings. The summed E-state index contributed by atoms with van der Waals surface area (Å²) < 4.78 is 0. The smallest absolute Gasteiger partial charge is 0.253 e. The standard InChI is InChI=1S/C17H20N2O/c20-17(14-3-1-2-13-8-9-18-16(13)14)19-10-15(11-4-5-11)12-6-7-12/h1-3,8-9,11-12,15,18H,4-7,10H2,(H,19,20). The summed E-state index contributed by atoms with van der Waals surface area (Å²) in [4.78, 5) is 15.6. The maximum absolute atomic E-state index is 12.4. The Labute approximate surface area is 118 Å². The first-order valence-electron chi connectivity index (χ1n) is 7.67. The highest BCUT2D eigenvalue weighted by Crippen LogP contribution is 2.48. The van der Waals surface area contributed by atoms with Gasteiger partial charge in [-0.2, -0.15) is 0 Å². The van der Waals surface area contributed by atoms with E-state index in [2.05, 4.69) is 10.3 Å². The number of carbonyl (C=O) groups excluding carboxylic acids is 1. The topological polar surface area (TPSA) is 44.9 Å². The molecular weight excluding hydrogens is 248 g/mol. The van der Waals surface area contributed by atoms with Crippen LogP contribution in [0.3, 0.4) is 0 Å². The normalized spacial score (nSPS) is 18.6. The van der Waals surface area contributed by atoms with Gasteiger partial charge in [-0.1, -0.05) is 12.1 Å². The van der Waals surface area contributed by atoms with Gasteiger partial charge in [0, 0.05) is 18.1 Å². The van der Waals surface area contributed by atoms with E-state index >= 15 is 0 Å². The van der Waals surface area contributed by atoms with Crippen LogP contribution in [-0.4, -0.2) is 17.4 Å². The highest BCUT2D eigenvalue weighted by molar-refractivity contribution is 6.05. The molecule has 0 aliphatic heterocycles. The van der Waals surface area contributed by atoms with E-state index in [0.29, 0.717) is 0 Å². The Morgan fingerprint density at radius 3 is 2.65 bits per heavy atom. The van der Waals surface area contributed by atoms with Gasteiger partial charge in [-0.15, -0.1) is 0 Å². The Bertz CT molecular complexity index is 625. The molecule has 0 unspecified atom stereocenters. The first-order valence-corrected chi connectivity index (χ1v) is 7.67. The number of amides is 1. The fraction of sp³-hybridized carbons (Fsp3) is 0.471. The highest BCUT2D eigenvalue weighted by atomic mass is 16.1. The second-order valence-electron chi connectivity index (χ2n) is 6.30. The van der Waals surface area contributed by atoms with Gasteiger partial charge in [-0.3, -0.25) is 4.79 Å². The molecule has 2 aliphatic rings. The van der Waals surface area contributed by atoms with E-state index in [1.807, 2.05) is 30.5 Å². The van der Waals surface area contributed by atoms with E-state index in [9.17, 15) is 4.79 Å². The molecule has 2 saturated carbocycles. The van der Waals surface area contributed by atoms with Crippen LogP contribution in [0.4, 0.5) is 0 Å². The number of carbonyl (C=O) groups is 1. The van der Waals surface area contributed by atoms with Gasteiger partial charge >= 0.3 is 0 Å². The SMILES string of the molecule is O=C(NCC(C1CC1)C1CC1)c1cccc2cc[nH]c12. The molecular formula is C17H20N2O. The summed E-state index contributed by atoms with van der Waals surface area (Å²) in [5, 5.41) is 4.26. The minimum atomic E-state index is 0.0596. The molecule has 1 aromatic carbocycles. The third-order valence-corrected chi connectivity index (χ3v) is 4.79. The van der Waals surface area contributed by atoms with Gasteiger partial charge in [0.1, 0.15) is 0 Å². The van der Waals surface area contributed by atoms with Gasteiger partial charge in [0.2, 0.25) is 0 Å². The summed E-state index contributed by atoms with van der Waals surface area (Å²) in [5.41, 5.74) is 1.71. The number of para-hydroxylation sites is 1. The van der Waals surface area contributed by atoms with Crippen molar-refractivity contribution in [3.8, 4) is 0 Å². The lowest BCUT2D eigenvalue weighted by Crippen LogP contribution is -2.31. The van der Waals surface area contributed by atoms with E-state index < -0.39 is 0 Å². The number of aromatic nitrogens is 1. The van der Waals surface area contributed by atoms with Crippen molar-refractivity contribution in [2.75, 3.05) is 6.54 Å². The first kappa shape index (κ1) is 12.0. The minimum Gasteiger partial charge on any atom is -0.361 e. The van der Waals surface area contributed by atoms with E-state index in [-0.39, 0.29) is 5.91 Å². The maximum Gasteiger partial charge on any atom is 0.253 e. The second-order valence-corrected chi connectivity index (χ2v) is 6.30. The molecule has 0 saturated heterocycles. The van der Waals surface area contributed by atoms with Crippen LogP contribution in [0, 0.1) is 17.8 Å². The lowest BCUT2D eigenvalue weighted by Gasteiger charge is -2.16. The Balaban J connectivity index is 1.48. The Hall–Kier alpha value is -1.77. The monoisotopic (exact) mass is 268 g/mol. The number of rotatable bonds is 5. The van der Waals surface area contributed by atoms with Gasteiger partial charge in [-0.05, 0) is 55.6 Å². The van der Waals surface area contributed by atoms with Crippen molar-refractivity contribution >= 4 is 16.8 Å². The lowest BCUT2D eigenvalue weighted by molar-refractivity contribution is 0.0945. The number of aromatic amines is 1. The van der Waals surface area contributed by atoms with E-state index in [4.69, 9.17) is 0 Å². The Morgan fingerprint density at radius 2 is 1.95 bits per heavy atom. The zero-order valence-electron chi connectivity index (χ0n) is 11.6. The van der Waals surface area contributed by atoms with Crippen LogP contribution in [0.15, 0.2) is 30.5 Å². The molecule has 2 aliphatic carbocycles. The van der Waals surface area contributed by atoms with Crippen LogP contribution < -0.4 is 5.32 Å². The Morgan fingerprint density at radius 1 is 1.20 bits per heavy atom. The first-order chi connectivity index (χ1) is 9.83. The molecule has 20 heavy (non-hydrogen) atoms. The van der Waals surface area contributed by atoms with Crippen molar-refractivity contribution in [2.24, 2.45) is 17.8 Å². The van der Waals surface area contributed by atoms with Crippen LogP contribution in [-0.2, 0) is 0 Å². The molecule has 0 spiro atoms. The molecule has 104 valence electrons. The molecule has 1 aromatic heterocycles. The van der Waals surface area contributed by atoms with Crippen LogP contribution >= 0.6 is 0 Å². The highest BCUT2D eigenvalue weighted by Gasteiger charge is 2.41. The number of hydrogen-bond donors (Lipinski definition) is 2. The summed E-state index contributed by atoms with van der Waals surface area (Å²) in [5.74, 6) is 2.54. The summed E-state index contributed by atoms with van der Waals surface area (Å²) in [6.45, 7) is 0.852. The van der Waals surface area contributed by atoms with Crippen molar-refractivity contribution in [3.05, 3.63) is 36.0 Å². The molecule has 1 heterocycles. The van der Waals surface area contributed by atoms with Crippen molar-refractivity contribution in [2.45, 2.75) is 25.7 Å². The quantitative estimate of drug-likeness (QED) is 0.858. The van der Waals surface area contributed by atoms with Crippen molar-refractivity contribution in [3.63, 3.8) is 0 Å². The molecule has 0 bridgehead atoms. The average molecular weight is 268 g/mol. The van der Waals surface area contributed by atoms with Gasteiger partial charge in [-0.25, -0.2) is 0 Å². The number of benzene rings is 1. The fourth-order valence-electron chi connectivity index (χ4n) is 3.35. The van der Waals surface area contributed by atoms with Crippen LogP contribution in [0.5, 0.6) is 0 Å². The van der Waals surface area contributed by atoms with Crippen LogP contribution in [0.2, 0.25) is 0 Å². The van der Waals surface area contributed by atoms with Gasteiger partial charge in [0.15, 0.2) is 0 Å². The minimum absolute atomic E-state index is 0.0596. The van der Waals surface area contributed by atoms with Crippen LogP contribution in [0.1, 0.15) is 36.0 Å².